The van der Waals surface area contributed by atoms with Crippen LogP contribution in [0.1, 0.15) is 44.6 Å². The van der Waals surface area contributed by atoms with Gasteiger partial charge in [0, 0.05) is 25.8 Å². The molecule has 1 fully saturated rings. The smallest absolute Gasteiger partial charge is 0.255 e. The van der Waals surface area contributed by atoms with Crippen molar-refractivity contribution < 1.29 is 23.0 Å². The third-order valence-electron chi connectivity index (χ3n) is 5.05. The van der Waals surface area contributed by atoms with E-state index in [-0.39, 0.29) is 42.5 Å². The van der Waals surface area contributed by atoms with Gasteiger partial charge in [-0.2, -0.15) is 9.37 Å². The Morgan fingerprint density at radius 1 is 1.30 bits per heavy atom. The minimum Gasteiger partial charge on any atom is -0.489 e. The first-order valence-corrected chi connectivity index (χ1v) is 10.2. The van der Waals surface area contributed by atoms with E-state index in [0.717, 1.165) is 17.7 Å². The second-order valence-corrected chi connectivity index (χ2v) is 7.56. The normalized spacial score (nSPS) is 17.1. The highest BCUT2D eigenvalue weighted by Gasteiger charge is 2.28. The number of nitrogens with zero attached hydrogens (tertiary/aromatic N) is 3. The van der Waals surface area contributed by atoms with E-state index in [2.05, 4.69) is 9.97 Å². The number of benzene rings is 1. The molecule has 0 aliphatic carbocycles. The van der Waals surface area contributed by atoms with Crippen molar-refractivity contribution in [3.63, 3.8) is 0 Å². The van der Waals surface area contributed by atoms with Crippen LogP contribution in [0.3, 0.4) is 0 Å². The van der Waals surface area contributed by atoms with Crippen molar-refractivity contribution in [3.8, 4) is 11.6 Å². The lowest BCUT2D eigenvalue weighted by atomic mass is 9.96. The number of Topliss-reactive ketones (excluding diaryl/α,β-unsaturated/α-hetero) is 1. The number of ether oxygens (including phenoxy) is 2. The molecule has 2 heterocycles. The molecule has 0 spiro atoms. The van der Waals surface area contributed by atoms with Gasteiger partial charge in [-0.25, -0.2) is 4.98 Å². The Hall–Kier alpha value is -2.77. The summed E-state index contributed by atoms with van der Waals surface area (Å²) in [6, 6.07) is 7.75. The number of hydrogen-bond donors (Lipinski definition) is 0. The Bertz CT molecular complexity index is 848. The Kier molecular flexibility index (Phi) is 7.54. The van der Waals surface area contributed by atoms with Crippen LogP contribution in [0.15, 0.2) is 30.6 Å². The number of carbonyl (C=O) groups is 1. The summed E-state index contributed by atoms with van der Waals surface area (Å²) < 4.78 is 38.1. The van der Waals surface area contributed by atoms with E-state index in [4.69, 9.17) is 9.47 Å². The Morgan fingerprint density at radius 2 is 2.07 bits per heavy atom. The first kappa shape index (κ1) is 21.9. The molecule has 0 radical (unpaired) electrons. The molecule has 1 aromatic carbocycles. The molecule has 8 heteroatoms. The molecule has 0 amide bonds. The maximum absolute atomic E-state index is 14.7. The lowest BCUT2D eigenvalue weighted by Crippen LogP contribution is -2.26. The van der Waals surface area contributed by atoms with Crippen molar-refractivity contribution >= 4 is 11.6 Å². The molecule has 0 unspecified atom stereocenters. The molecule has 2 aromatic rings. The van der Waals surface area contributed by atoms with Crippen LogP contribution >= 0.6 is 0 Å². The highest BCUT2D eigenvalue weighted by molar-refractivity contribution is 5.76. The molecule has 1 aromatic heterocycles. The number of anilines is 1. The number of halogens is 2. The maximum Gasteiger partial charge on any atom is 0.255 e. The van der Waals surface area contributed by atoms with Crippen molar-refractivity contribution in [1.82, 2.24) is 9.97 Å². The second kappa shape index (κ2) is 10.3. The van der Waals surface area contributed by atoms with Crippen LogP contribution in [-0.2, 0) is 4.79 Å². The number of alkyl halides is 1. The molecule has 6 nitrogen and oxygen atoms in total. The van der Waals surface area contributed by atoms with Gasteiger partial charge in [0.2, 0.25) is 5.82 Å². The van der Waals surface area contributed by atoms with Gasteiger partial charge in [-0.15, -0.1) is 0 Å². The molecule has 1 saturated heterocycles. The van der Waals surface area contributed by atoms with Gasteiger partial charge in [-0.3, -0.25) is 4.39 Å². The zero-order valence-electron chi connectivity index (χ0n) is 17.3. The van der Waals surface area contributed by atoms with Gasteiger partial charge in [0.05, 0.1) is 19.8 Å². The van der Waals surface area contributed by atoms with Gasteiger partial charge in [0.1, 0.15) is 24.0 Å². The van der Waals surface area contributed by atoms with Gasteiger partial charge in [-0.1, -0.05) is 19.1 Å². The minimum absolute atomic E-state index is 0.0661. The number of rotatable bonds is 10. The van der Waals surface area contributed by atoms with Crippen LogP contribution < -0.4 is 14.4 Å². The van der Waals surface area contributed by atoms with E-state index < -0.39 is 12.5 Å². The summed E-state index contributed by atoms with van der Waals surface area (Å²) in [7, 11) is 0. The van der Waals surface area contributed by atoms with E-state index in [1.807, 2.05) is 31.2 Å². The molecule has 0 saturated carbocycles. The van der Waals surface area contributed by atoms with Crippen LogP contribution in [0.4, 0.5) is 14.6 Å². The van der Waals surface area contributed by atoms with E-state index in [1.165, 1.54) is 6.33 Å². The highest BCUT2D eigenvalue weighted by Crippen LogP contribution is 2.28. The molecular formula is C22H27F2N3O3. The molecule has 30 heavy (non-hydrogen) atoms. The predicted molar refractivity (Wildman–Crippen MR) is 109 cm³/mol. The molecule has 1 aliphatic rings. The Balaban J connectivity index is 1.58. The third kappa shape index (κ3) is 5.64. The SMILES string of the molecule is CC(=O)C[C@@H](C)c1ccc(O[C@@H]2CCN(c3ncnc(OCCCF)c3F)C2)cc1. The summed E-state index contributed by atoms with van der Waals surface area (Å²) in [6.45, 7) is 4.24. The summed E-state index contributed by atoms with van der Waals surface area (Å²) in [5, 5.41) is 0. The third-order valence-corrected chi connectivity index (χ3v) is 5.05. The Morgan fingerprint density at radius 3 is 2.77 bits per heavy atom. The number of carbonyl (C=O) groups excluding carboxylic acids is 1. The lowest BCUT2D eigenvalue weighted by molar-refractivity contribution is -0.117. The molecule has 1 aliphatic heterocycles. The van der Waals surface area contributed by atoms with Crippen molar-refractivity contribution in [3.05, 3.63) is 42.0 Å². The fourth-order valence-corrected chi connectivity index (χ4v) is 3.52. The number of aromatic nitrogens is 2. The van der Waals surface area contributed by atoms with Crippen molar-refractivity contribution in [2.45, 2.75) is 45.1 Å². The summed E-state index contributed by atoms with van der Waals surface area (Å²) in [6.07, 6.45) is 2.57. The monoisotopic (exact) mass is 419 g/mol. The Labute approximate surface area is 175 Å². The highest BCUT2D eigenvalue weighted by atomic mass is 19.1. The van der Waals surface area contributed by atoms with E-state index >= 15 is 0 Å². The molecule has 2 atom stereocenters. The van der Waals surface area contributed by atoms with Crippen molar-refractivity contribution in [2.24, 2.45) is 0 Å². The van der Waals surface area contributed by atoms with Crippen molar-refractivity contribution in [2.75, 3.05) is 31.3 Å². The topological polar surface area (TPSA) is 64.5 Å². The predicted octanol–water partition coefficient (Wildman–Crippen LogP) is 4.09. The van der Waals surface area contributed by atoms with Crippen LogP contribution in [0, 0.1) is 5.82 Å². The standard InChI is InChI=1S/C22H27F2N3O3/c1-15(12-16(2)28)17-4-6-18(7-5-17)30-19-8-10-27(13-19)21-20(24)22(26-14-25-21)29-11-3-9-23/h4-7,14-15,19H,3,8-13H2,1-2H3/t15-,19-/m1/s1. The van der Waals surface area contributed by atoms with Gasteiger partial charge < -0.3 is 19.2 Å². The molecule has 162 valence electrons. The molecule has 0 N–H and O–H groups in total. The largest absolute Gasteiger partial charge is 0.489 e. The average molecular weight is 419 g/mol. The number of ketones is 1. The quantitative estimate of drug-likeness (QED) is 0.541. The van der Waals surface area contributed by atoms with E-state index in [1.54, 1.807) is 11.8 Å². The summed E-state index contributed by atoms with van der Waals surface area (Å²) in [4.78, 5) is 20.9. The van der Waals surface area contributed by atoms with Gasteiger partial charge in [0.15, 0.2) is 5.82 Å². The van der Waals surface area contributed by atoms with Gasteiger partial charge in [0.25, 0.3) is 5.88 Å². The van der Waals surface area contributed by atoms with Gasteiger partial charge in [-0.05, 0) is 30.5 Å². The van der Waals surface area contributed by atoms with Crippen molar-refractivity contribution in [1.29, 1.82) is 0 Å². The first-order valence-electron chi connectivity index (χ1n) is 10.2. The van der Waals surface area contributed by atoms with Crippen LogP contribution in [0.2, 0.25) is 0 Å². The summed E-state index contributed by atoms with van der Waals surface area (Å²) >= 11 is 0. The maximum atomic E-state index is 14.7. The van der Waals surface area contributed by atoms with E-state index in [0.29, 0.717) is 19.5 Å². The first-order chi connectivity index (χ1) is 14.5. The fourth-order valence-electron chi connectivity index (χ4n) is 3.52. The van der Waals surface area contributed by atoms with Crippen LogP contribution in [0.5, 0.6) is 11.6 Å². The molecular weight excluding hydrogens is 392 g/mol. The van der Waals surface area contributed by atoms with Crippen LogP contribution in [-0.4, -0.2) is 48.2 Å². The summed E-state index contributed by atoms with van der Waals surface area (Å²) in [5.41, 5.74) is 1.09. The summed E-state index contributed by atoms with van der Waals surface area (Å²) in [5.74, 6) is 0.440. The number of hydrogen-bond acceptors (Lipinski definition) is 6. The second-order valence-electron chi connectivity index (χ2n) is 7.56. The minimum atomic E-state index is -0.638. The van der Waals surface area contributed by atoms with E-state index in [9.17, 15) is 13.6 Å². The fraction of sp³-hybridized carbons (Fsp3) is 0.500. The molecule has 3 rings (SSSR count). The molecule has 0 bridgehead atoms. The zero-order valence-corrected chi connectivity index (χ0v) is 17.3. The zero-order chi connectivity index (χ0) is 21.5. The average Bonchev–Trinajstić information content (AvgIpc) is 3.17. The lowest BCUT2D eigenvalue weighted by Gasteiger charge is -2.19. The van der Waals surface area contributed by atoms with Crippen LogP contribution in [0.25, 0.3) is 0 Å². The van der Waals surface area contributed by atoms with Gasteiger partial charge >= 0.3 is 0 Å².